The highest BCUT2D eigenvalue weighted by atomic mass is 32.2. The summed E-state index contributed by atoms with van der Waals surface area (Å²) in [5, 5.41) is 4.37. The molecule has 8 heteroatoms. The second-order valence-corrected chi connectivity index (χ2v) is 9.43. The molecular weight excluding hydrogens is 412 g/mol. The van der Waals surface area contributed by atoms with Crippen molar-refractivity contribution in [1.29, 1.82) is 0 Å². The zero-order chi connectivity index (χ0) is 21.7. The molecule has 1 N–H and O–H groups in total. The Labute approximate surface area is 182 Å². The van der Waals surface area contributed by atoms with Gasteiger partial charge in [-0.15, -0.1) is 0 Å². The van der Waals surface area contributed by atoms with Crippen LogP contribution in [0.1, 0.15) is 24.8 Å². The van der Waals surface area contributed by atoms with Crippen molar-refractivity contribution in [1.82, 2.24) is 19.4 Å². The van der Waals surface area contributed by atoms with E-state index in [0.717, 1.165) is 11.3 Å². The fourth-order valence-electron chi connectivity index (χ4n) is 3.75. The van der Waals surface area contributed by atoms with E-state index in [1.807, 2.05) is 46.1 Å². The minimum atomic E-state index is -3.53. The van der Waals surface area contributed by atoms with Gasteiger partial charge in [-0.1, -0.05) is 36.4 Å². The van der Waals surface area contributed by atoms with Gasteiger partial charge in [-0.3, -0.25) is 4.79 Å². The fraction of sp³-hybridized carbons (Fsp3) is 0.304. The molecule has 7 nitrogen and oxygen atoms in total. The van der Waals surface area contributed by atoms with E-state index in [-0.39, 0.29) is 16.8 Å². The number of carbonyl (C=O) groups is 1. The number of carbonyl (C=O) groups excluding carboxylic acids is 1. The molecule has 4 rings (SSSR count). The largest absolute Gasteiger partial charge is 0.343 e. The van der Waals surface area contributed by atoms with Crippen LogP contribution in [0.3, 0.4) is 0 Å². The molecule has 0 atom stereocenters. The number of hydrogen-bond donors (Lipinski definition) is 1. The lowest BCUT2D eigenvalue weighted by molar-refractivity contribution is -0.132. The second kappa shape index (κ2) is 9.45. The van der Waals surface area contributed by atoms with E-state index in [2.05, 4.69) is 9.82 Å². The summed E-state index contributed by atoms with van der Waals surface area (Å²) in [6.45, 7) is 1.12. The number of likely N-dealkylation sites (tertiary alicyclic amines) is 1. The minimum absolute atomic E-state index is 0.0943. The number of sulfonamides is 1. The summed E-state index contributed by atoms with van der Waals surface area (Å²) in [5.41, 5.74) is 2.00. The van der Waals surface area contributed by atoms with Crippen molar-refractivity contribution in [2.75, 3.05) is 13.1 Å². The maximum absolute atomic E-state index is 12.6. The standard InChI is InChI=1S/C23H26N4O3S/c28-23(12-11-19-17-24-27(18-19)21-7-3-1-4-8-21)26-15-13-20(14-16-26)25-31(29,30)22-9-5-2-6-10-22/h1-10,17-18,20,25H,11-16H2. The normalized spacial score (nSPS) is 15.2. The van der Waals surface area contributed by atoms with Gasteiger partial charge in [0.05, 0.1) is 16.8 Å². The number of para-hydroxylation sites is 1. The second-order valence-electron chi connectivity index (χ2n) is 7.72. The number of nitrogens with one attached hydrogen (secondary N) is 1. The van der Waals surface area contributed by atoms with E-state index in [0.29, 0.717) is 38.8 Å². The van der Waals surface area contributed by atoms with E-state index in [1.165, 1.54) is 0 Å². The molecule has 0 spiro atoms. The summed E-state index contributed by atoms with van der Waals surface area (Å²) in [6.07, 6.45) is 6.03. The summed E-state index contributed by atoms with van der Waals surface area (Å²) < 4.78 is 29.5. The number of benzene rings is 2. The lowest BCUT2D eigenvalue weighted by Gasteiger charge is -2.32. The van der Waals surface area contributed by atoms with Crippen LogP contribution >= 0.6 is 0 Å². The highest BCUT2D eigenvalue weighted by molar-refractivity contribution is 7.89. The van der Waals surface area contributed by atoms with Crippen molar-refractivity contribution in [3.8, 4) is 5.69 Å². The van der Waals surface area contributed by atoms with Gasteiger partial charge in [-0.05, 0) is 49.1 Å². The van der Waals surface area contributed by atoms with Gasteiger partial charge in [-0.2, -0.15) is 5.10 Å². The van der Waals surface area contributed by atoms with Gasteiger partial charge in [0.2, 0.25) is 15.9 Å². The van der Waals surface area contributed by atoms with Crippen LogP contribution in [0, 0.1) is 0 Å². The Balaban J connectivity index is 1.25. The SMILES string of the molecule is O=C(CCc1cnn(-c2ccccc2)c1)N1CCC(NS(=O)(=O)c2ccccc2)CC1. The van der Waals surface area contributed by atoms with Crippen molar-refractivity contribution in [2.24, 2.45) is 0 Å². The van der Waals surface area contributed by atoms with Gasteiger partial charge in [-0.25, -0.2) is 17.8 Å². The molecule has 31 heavy (non-hydrogen) atoms. The maximum atomic E-state index is 12.6. The van der Waals surface area contributed by atoms with Gasteiger partial charge in [0.1, 0.15) is 0 Å². The van der Waals surface area contributed by atoms with Gasteiger partial charge >= 0.3 is 0 Å². The summed E-state index contributed by atoms with van der Waals surface area (Å²) in [7, 11) is -3.53. The van der Waals surface area contributed by atoms with E-state index >= 15 is 0 Å². The zero-order valence-electron chi connectivity index (χ0n) is 17.2. The van der Waals surface area contributed by atoms with E-state index in [4.69, 9.17) is 0 Å². The third-order valence-corrected chi connectivity index (χ3v) is 7.04. The Morgan fingerprint density at radius 2 is 1.65 bits per heavy atom. The highest BCUT2D eigenvalue weighted by Gasteiger charge is 2.26. The average Bonchev–Trinajstić information content (AvgIpc) is 3.28. The Hall–Kier alpha value is -2.97. The lowest BCUT2D eigenvalue weighted by atomic mass is 10.1. The number of amides is 1. The van der Waals surface area contributed by atoms with Crippen LogP contribution in [0.15, 0.2) is 78.0 Å². The van der Waals surface area contributed by atoms with E-state index < -0.39 is 10.0 Å². The van der Waals surface area contributed by atoms with Gasteiger partial charge < -0.3 is 4.90 Å². The molecule has 0 bridgehead atoms. The van der Waals surface area contributed by atoms with Crippen LogP contribution in [0.5, 0.6) is 0 Å². The number of aryl methyl sites for hydroxylation is 1. The molecule has 2 heterocycles. The molecule has 1 aliphatic rings. The molecule has 1 amide bonds. The number of piperidine rings is 1. The van der Waals surface area contributed by atoms with Crippen LogP contribution in [0.2, 0.25) is 0 Å². The van der Waals surface area contributed by atoms with Crippen molar-refractivity contribution in [2.45, 2.75) is 36.6 Å². The minimum Gasteiger partial charge on any atom is -0.343 e. The third kappa shape index (κ3) is 5.39. The van der Waals surface area contributed by atoms with Crippen molar-refractivity contribution < 1.29 is 13.2 Å². The van der Waals surface area contributed by atoms with Crippen LogP contribution in [-0.4, -0.2) is 48.1 Å². The molecule has 1 aliphatic heterocycles. The Kier molecular flexibility index (Phi) is 6.48. The van der Waals surface area contributed by atoms with Crippen molar-refractivity contribution in [3.05, 3.63) is 78.6 Å². The first kappa shape index (κ1) is 21.3. The maximum Gasteiger partial charge on any atom is 0.240 e. The lowest BCUT2D eigenvalue weighted by Crippen LogP contribution is -2.46. The third-order valence-electron chi connectivity index (χ3n) is 5.51. The fourth-order valence-corrected chi connectivity index (χ4v) is 5.08. The molecule has 2 aromatic carbocycles. The Morgan fingerprint density at radius 1 is 1.00 bits per heavy atom. The Bertz CT molecular complexity index is 1110. The Morgan fingerprint density at radius 3 is 2.32 bits per heavy atom. The summed E-state index contributed by atoms with van der Waals surface area (Å²) in [6, 6.07) is 18.1. The van der Waals surface area contributed by atoms with Gasteiger partial charge in [0, 0.05) is 31.7 Å². The van der Waals surface area contributed by atoms with Crippen LogP contribution in [0.4, 0.5) is 0 Å². The summed E-state index contributed by atoms with van der Waals surface area (Å²) >= 11 is 0. The molecular formula is C23H26N4O3S. The first-order valence-electron chi connectivity index (χ1n) is 10.5. The molecule has 0 unspecified atom stereocenters. The molecule has 3 aromatic rings. The number of rotatable bonds is 7. The van der Waals surface area contributed by atoms with Crippen LogP contribution < -0.4 is 4.72 Å². The number of hydrogen-bond acceptors (Lipinski definition) is 4. The van der Waals surface area contributed by atoms with Crippen LogP contribution in [-0.2, 0) is 21.2 Å². The molecule has 0 aliphatic carbocycles. The molecule has 0 radical (unpaired) electrons. The highest BCUT2D eigenvalue weighted by Crippen LogP contribution is 2.16. The zero-order valence-corrected chi connectivity index (χ0v) is 18.0. The topological polar surface area (TPSA) is 84.3 Å². The first-order valence-corrected chi connectivity index (χ1v) is 11.9. The van der Waals surface area contributed by atoms with Crippen molar-refractivity contribution in [3.63, 3.8) is 0 Å². The molecule has 1 saturated heterocycles. The van der Waals surface area contributed by atoms with Crippen molar-refractivity contribution >= 4 is 15.9 Å². The summed E-state index contributed by atoms with van der Waals surface area (Å²) in [4.78, 5) is 14.7. The quantitative estimate of drug-likeness (QED) is 0.615. The van der Waals surface area contributed by atoms with E-state index in [9.17, 15) is 13.2 Å². The predicted octanol–water partition coefficient (Wildman–Crippen LogP) is 2.77. The van der Waals surface area contributed by atoms with E-state index in [1.54, 1.807) is 36.5 Å². The molecule has 1 aromatic heterocycles. The predicted molar refractivity (Wildman–Crippen MR) is 118 cm³/mol. The summed E-state index contributed by atoms with van der Waals surface area (Å²) in [5.74, 6) is 0.0943. The number of aromatic nitrogens is 2. The monoisotopic (exact) mass is 438 g/mol. The number of nitrogens with zero attached hydrogens (tertiary/aromatic N) is 3. The smallest absolute Gasteiger partial charge is 0.240 e. The molecule has 1 fully saturated rings. The van der Waals surface area contributed by atoms with Gasteiger partial charge in [0.25, 0.3) is 0 Å². The first-order chi connectivity index (χ1) is 15.0. The van der Waals surface area contributed by atoms with Crippen LogP contribution in [0.25, 0.3) is 5.69 Å². The average molecular weight is 439 g/mol. The molecule has 0 saturated carbocycles. The molecule has 162 valence electrons. The van der Waals surface area contributed by atoms with Gasteiger partial charge in [0.15, 0.2) is 0 Å².